The van der Waals surface area contributed by atoms with E-state index in [0.29, 0.717) is 12.8 Å². The number of imidazole rings is 1. The fraction of sp³-hybridized carbons (Fsp3) is 0.720. The van der Waals surface area contributed by atoms with Gasteiger partial charge >= 0.3 is 19.6 Å². The van der Waals surface area contributed by atoms with Gasteiger partial charge in [0.2, 0.25) is 5.95 Å². The van der Waals surface area contributed by atoms with Crippen LogP contribution in [-0.4, -0.2) is 92.4 Å². The van der Waals surface area contributed by atoms with Crippen molar-refractivity contribution in [3.8, 4) is 0 Å². The molecule has 3 heterocycles. The van der Waals surface area contributed by atoms with Gasteiger partial charge in [0.1, 0.15) is 29.9 Å². The summed E-state index contributed by atoms with van der Waals surface area (Å²) in [5.74, 6) is -2.32. The summed E-state index contributed by atoms with van der Waals surface area (Å²) >= 11 is 0. The first-order valence-electron chi connectivity index (χ1n) is 13.9. The Morgan fingerprint density at radius 3 is 2.21 bits per heavy atom. The number of esters is 2. The summed E-state index contributed by atoms with van der Waals surface area (Å²) in [6.07, 6.45) is -1.98. The highest BCUT2D eigenvalue weighted by Gasteiger charge is 2.54. The molecule has 0 amide bonds. The molecule has 8 atom stereocenters. The van der Waals surface area contributed by atoms with Gasteiger partial charge in [0.25, 0.3) is 5.56 Å². The molecule has 0 bridgehead atoms. The number of aliphatic hydroxyl groups excluding tert-OH is 1. The second-order valence-corrected chi connectivity index (χ2v) is 12.7. The van der Waals surface area contributed by atoms with Crippen molar-refractivity contribution in [1.29, 1.82) is 0 Å². The van der Waals surface area contributed by atoms with E-state index >= 15 is 0 Å². The number of aliphatic hydroxyl groups is 2. The highest BCUT2D eigenvalue weighted by Crippen LogP contribution is 2.45. The van der Waals surface area contributed by atoms with E-state index < -0.39 is 67.9 Å². The Morgan fingerprint density at radius 2 is 1.72 bits per heavy atom. The number of carbonyl (C=O) groups excluding carboxylic acids is 2. The van der Waals surface area contributed by atoms with E-state index in [-0.39, 0.29) is 28.9 Å². The summed E-state index contributed by atoms with van der Waals surface area (Å²) in [5, 5.41) is 27.7. The van der Waals surface area contributed by atoms with Crippen molar-refractivity contribution in [3.05, 3.63) is 16.7 Å². The monoisotopic (exact) mass is 631 g/mol. The van der Waals surface area contributed by atoms with E-state index in [0.717, 1.165) is 0 Å². The topological polar surface area (TPSA) is 242 Å². The number of H-pyrrole nitrogens is 1. The third-order valence-corrected chi connectivity index (χ3v) is 9.58. The quantitative estimate of drug-likeness (QED) is 0.120. The summed E-state index contributed by atoms with van der Waals surface area (Å²) in [6.45, 7) is 7.89. The van der Waals surface area contributed by atoms with Crippen molar-refractivity contribution in [2.45, 2.75) is 83.6 Å². The zero-order valence-electron chi connectivity index (χ0n) is 25.3. The molecule has 3 unspecified atom stereocenters. The standard InChI is InChI=1S/C25H42N7O10P/c1-8-12(3)15(21(35)39-6)30-43(38,31-16(13(4)9-2)22(36)40-7)41-10-14-18(33)25(5,37)23(42-14)32-11-27-17-19(32)28-24(26)29-20(17)34/h11-16,18,23,33,37H,8-10H2,1-7H3,(H2,30,31,38)(H3,26,28,29,34)/t12-,13-,14+,15?,16?,18?,23+,25-,43?/m0/s1. The molecule has 2 aromatic rings. The maximum Gasteiger partial charge on any atom is 0.342 e. The summed E-state index contributed by atoms with van der Waals surface area (Å²) < 4.78 is 37.2. The van der Waals surface area contributed by atoms with Crippen molar-refractivity contribution in [1.82, 2.24) is 29.7 Å². The predicted molar refractivity (Wildman–Crippen MR) is 153 cm³/mol. The number of hydrogen-bond acceptors (Lipinski definition) is 13. The van der Waals surface area contributed by atoms with Crippen LogP contribution in [-0.2, 0) is 32.9 Å². The Morgan fingerprint density at radius 1 is 1.19 bits per heavy atom. The average molecular weight is 632 g/mol. The first kappa shape index (κ1) is 34.6. The van der Waals surface area contributed by atoms with E-state index in [1.165, 1.54) is 32.0 Å². The van der Waals surface area contributed by atoms with Crippen LogP contribution in [0.2, 0.25) is 0 Å². The van der Waals surface area contributed by atoms with E-state index in [2.05, 4.69) is 25.1 Å². The summed E-state index contributed by atoms with van der Waals surface area (Å²) in [7, 11) is -1.94. The van der Waals surface area contributed by atoms with E-state index in [4.69, 9.17) is 24.5 Å². The number of fused-ring (bicyclic) bond motifs is 1. The number of nitrogen functional groups attached to an aromatic ring is 1. The number of aromatic nitrogens is 4. The van der Waals surface area contributed by atoms with Crippen LogP contribution in [0.25, 0.3) is 11.2 Å². The number of rotatable bonds is 14. The minimum absolute atomic E-state index is 0.00163. The SMILES string of the molecule is CC[C@H](C)C(NP(=O)(NC(C(=O)OC)[C@@H](C)CC)OC[C@H]1O[C@@H](n2cnc3c(=O)[nH]c(N)nc32)[C@@](C)(O)C1O)C(=O)OC. The lowest BCUT2D eigenvalue weighted by Gasteiger charge is -2.32. The molecule has 2 aromatic heterocycles. The number of aromatic amines is 1. The van der Waals surface area contributed by atoms with Crippen molar-refractivity contribution in [3.63, 3.8) is 0 Å². The van der Waals surface area contributed by atoms with Gasteiger partial charge in [-0.3, -0.25) is 28.5 Å². The molecule has 3 rings (SSSR count). The molecule has 17 nitrogen and oxygen atoms in total. The number of hydrogen-bond donors (Lipinski definition) is 6. The van der Waals surface area contributed by atoms with Crippen LogP contribution in [0.5, 0.6) is 0 Å². The first-order chi connectivity index (χ1) is 20.1. The van der Waals surface area contributed by atoms with Gasteiger partial charge in [-0.1, -0.05) is 40.5 Å². The van der Waals surface area contributed by atoms with Crippen molar-refractivity contribution in [2.75, 3.05) is 26.6 Å². The van der Waals surface area contributed by atoms with Gasteiger partial charge in [0.05, 0.1) is 27.2 Å². The molecule has 0 aromatic carbocycles. The van der Waals surface area contributed by atoms with Gasteiger partial charge in [0.15, 0.2) is 17.4 Å². The van der Waals surface area contributed by atoms with Crippen LogP contribution in [0.3, 0.4) is 0 Å². The van der Waals surface area contributed by atoms with Crippen LogP contribution >= 0.6 is 7.67 Å². The molecular formula is C25H42N7O10P. The molecule has 1 aliphatic heterocycles. The Balaban J connectivity index is 1.95. The molecule has 0 spiro atoms. The summed E-state index contributed by atoms with van der Waals surface area (Å²) in [6, 6.07) is -2.19. The van der Waals surface area contributed by atoms with E-state index in [1.807, 2.05) is 13.8 Å². The zero-order valence-corrected chi connectivity index (χ0v) is 26.2. The molecule has 0 aliphatic carbocycles. The largest absolute Gasteiger partial charge is 0.468 e. The lowest BCUT2D eigenvalue weighted by Crippen LogP contribution is -2.49. The zero-order chi connectivity index (χ0) is 32.3. The minimum atomic E-state index is -4.32. The molecule has 7 N–H and O–H groups in total. The predicted octanol–water partition coefficient (Wildman–Crippen LogP) is 0.190. The number of nitrogens with one attached hydrogen (secondary N) is 3. The number of anilines is 1. The molecule has 1 saturated heterocycles. The Hall–Kier alpha value is -2.92. The fourth-order valence-electron chi connectivity index (χ4n) is 4.70. The number of methoxy groups -OCH3 is 2. The van der Waals surface area contributed by atoms with Crippen molar-refractivity contribution in [2.24, 2.45) is 11.8 Å². The Bertz CT molecular complexity index is 1360. The van der Waals surface area contributed by atoms with Gasteiger partial charge in [-0.2, -0.15) is 4.98 Å². The highest BCUT2D eigenvalue weighted by molar-refractivity contribution is 7.54. The number of nitrogens with two attached hydrogens (primary N) is 1. The number of carbonyl (C=O) groups is 2. The summed E-state index contributed by atoms with van der Waals surface area (Å²) in [5.41, 5.74) is 3.03. The Labute approximate surface area is 248 Å². The molecule has 242 valence electrons. The molecular weight excluding hydrogens is 589 g/mol. The lowest BCUT2D eigenvalue weighted by atomic mass is 9.96. The molecule has 1 fully saturated rings. The second-order valence-electron chi connectivity index (χ2n) is 10.9. The fourth-order valence-corrected chi connectivity index (χ4v) is 6.73. The maximum absolute atomic E-state index is 14.4. The van der Waals surface area contributed by atoms with Crippen LogP contribution in [0.4, 0.5) is 5.95 Å². The molecule has 18 heteroatoms. The van der Waals surface area contributed by atoms with E-state index in [1.54, 1.807) is 13.8 Å². The van der Waals surface area contributed by atoms with Crippen LogP contribution in [0, 0.1) is 11.8 Å². The number of ether oxygens (including phenoxy) is 3. The minimum Gasteiger partial charge on any atom is -0.468 e. The molecule has 0 saturated carbocycles. The van der Waals surface area contributed by atoms with Gasteiger partial charge in [-0.05, 0) is 18.8 Å². The van der Waals surface area contributed by atoms with Crippen LogP contribution in [0.15, 0.2) is 11.1 Å². The van der Waals surface area contributed by atoms with Crippen LogP contribution in [0.1, 0.15) is 53.7 Å². The molecule has 43 heavy (non-hydrogen) atoms. The molecule has 0 radical (unpaired) electrons. The highest BCUT2D eigenvalue weighted by atomic mass is 31.2. The second kappa shape index (κ2) is 13.8. The number of nitrogens with zero attached hydrogens (tertiary/aromatic N) is 3. The normalized spacial score (nSPS) is 26.4. The van der Waals surface area contributed by atoms with Gasteiger partial charge < -0.3 is 34.7 Å². The van der Waals surface area contributed by atoms with Crippen molar-refractivity contribution < 1.29 is 43.1 Å². The smallest absolute Gasteiger partial charge is 0.342 e. The van der Waals surface area contributed by atoms with Gasteiger partial charge in [-0.25, -0.2) is 15.2 Å². The molecule has 1 aliphatic rings. The summed E-state index contributed by atoms with van der Waals surface area (Å²) in [4.78, 5) is 48.0. The lowest BCUT2D eigenvalue weighted by molar-refractivity contribution is -0.144. The van der Waals surface area contributed by atoms with Crippen molar-refractivity contribution >= 4 is 36.7 Å². The maximum atomic E-state index is 14.4. The van der Waals surface area contributed by atoms with E-state index in [9.17, 15) is 29.2 Å². The van der Waals surface area contributed by atoms with Gasteiger partial charge in [-0.15, -0.1) is 0 Å². The Kier molecular flexibility index (Phi) is 11.1. The first-order valence-corrected chi connectivity index (χ1v) is 15.5. The average Bonchev–Trinajstić information content (AvgIpc) is 3.49. The van der Waals surface area contributed by atoms with Crippen LogP contribution < -0.4 is 21.5 Å². The third-order valence-electron chi connectivity index (χ3n) is 7.83. The van der Waals surface area contributed by atoms with Gasteiger partial charge in [0, 0.05) is 0 Å². The third kappa shape index (κ3) is 7.25.